The molecule has 12 N–H and O–H groups in total. The lowest BCUT2D eigenvalue weighted by atomic mass is 9.94. The first-order chi connectivity index (χ1) is 44.4. The van der Waals surface area contributed by atoms with Crippen molar-refractivity contribution >= 4 is 94.9 Å². The van der Waals surface area contributed by atoms with Gasteiger partial charge in [-0.05, 0) is 0 Å². The summed E-state index contributed by atoms with van der Waals surface area (Å²) in [4.78, 5) is 26.6. The molecule has 0 aromatic rings. The van der Waals surface area contributed by atoms with Crippen molar-refractivity contribution in [1.82, 2.24) is 9.44 Å². The van der Waals surface area contributed by atoms with Gasteiger partial charge < -0.3 is 86.0 Å². The molecule has 0 aromatic carbocycles. The molecule has 5 heterocycles. The van der Waals surface area contributed by atoms with Gasteiger partial charge in [-0.25, -0.2) is 34.7 Å². The van der Waals surface area contributed by atoms with Crippen LogP contribution in [0.15, 0.2) is 0 Å². The number of carboxylic acid groups (broad SMARTS) is 2. The van der Waals surface area contributed by atoms with Crippen molar-refractivity contribution in [2.45, 2.75) is 153 Å². The minimum absolute atomic E-state index is 0.542. The van der Waals surface area contributed by atoms with E-state index in [4.69, 9.17) is 84.2 Å². The summed E-state index contributed by atoms with van der Waals surface area (Å²) >= 11 is 0. The van der Waals surface area contributed by atoms with Crippen LogP contribution in [0.3, 0.4) is 0 Å². The second kappa shape index (κ2) is 33.8. The third-order valence-electron chi connectivity index (χ3n) is 13.8. The van der Waals surface area contributed by atoms with Gasteiger partial charge >= 0.3 is 94.9 Å². The lowest BCUT2D eigenvalue weighted by molar-refractivity contribution is -0.383. The molecule has 0 amide bonds. The largest absolute Gasteiger partial charge is 0.479 e. The summed E-state index contributed by atoms with van der Waals surface area (Å²) < 4.78 is 395. The van der Waals surface area contributed by atoms with E-state index < -0.39 is 268 Å². The van der Waals surface area contributed by atoms with Crippen molar-refractivity contribution in [3.05, 3.63) is 0 Å². The Kier molecular flexibility index (Phi) is 29.6. The lowest BCUT2D eigenvalue weighted by Gasteiger charge is -2.51. The molecular formula is C37H64N2O50S8. The Morgan fingerprint density at radius 2 is 0.588 bits per heavy atom. The topological polar surface area (TPSA) is 737 Å². The highest BCUT2D eigenvalue weighted by atomic mass is 32.3. The van der Waals surface area contributed by atoms with Crippen LogP contribution in [0.25, 0.3) is 0 Å². The van der Waals surface area contributed by atoms with E-state index in [0.717, 1.165) is 42.7 Å². The zero-order valence-electron chi connectivity index (χ0n) is 49.6. The fourth-order valence-corrected chi connectivity index (χ4v) is 14.0. The zero-order valence-corrected chi connectivity index (χ0v) is 56.2. The van der Waals surface area contributed by atoms with E-state index in [1.54, 1.807) is 9.44 Å². The molecule has 5 aliphatic heterocycles. The molecule has 5 saturated heterocycles. The van der Waals surface area contributed by atoms with Crippen LogP contribution in [-0.2, 0) is 193 Å². The van der Waals surface area contributed by atoms with Gasteiger partial charge in [0.25, 0.3) is 0 Å². The number of ether oxygens (including phenoxy) is 16. The van der Waals surface area contributed by atoms with Crippen molar-refractivity contribution < 1.29 is 224 Å². The minimum Gasteiger partial charge on any atom is -0.479 e. The summed E-state index contributed by atoms with van der Waals surface area (Å²) in [5, 5.41) is 21.4. The van der Waals surface area contributed by atoms with Crippen molar-refractivity contribution in [3.8, 4) is 0 Å². The average molecular weight is 1590 g/mol. The van der Waals surface area contributed by atoms with Gasteiger partial charge in [0.2, 0.25) is 0 Å². The molecule has 0 radical (unpaired) electrons. The molecule has 5 rings (SSSR count). The maximum Gasteiger partial charge on any atom is 0.397 e. The summed E-state index contributed by atoms with van der Waals surface area (Å²) in [6.45, 7) is -4.52. The summed E-state index contributed by atoms with van der Waals surface area (Å²) in [5.41, 5.74) is 0. The Hall–Kier alpha value is -2.74. The highest BCUT2D eigenvalue weighted by Gasteiger charge is 2.63. The quantitative estimate of drug-likeness (QED) is 0.0259. The van der Waals surface area contributed by atoms with E-state index in [9.17, 15) is 124 Å². The van der Waals surface area contributed by atoms with Gasteiger partial charge in [-0.1, -0.05) is 0 Å². The molecule has 570 valence electrons. The highest BCUT2D eigenvalue weighted by molar-refractivity contribution is 7.84. The zero-order chi connectivity index (χ0) is 73.7. The van der Waals surface area contributed by atoms with Gasteiger partial charge in [0, 0.05) is 49.8 Å². The maximum atomic E-state index is 13.4. The maximum absolute atomic E-state index is 13.4. The summed E-state index contributed by atoms with van der Waals surface area (Å²) in [7, 11) is -40.6. The summed E-state index contributed by atoms with van der Waals surface area (Å²) in [6, 6.07) is -4.18. The van der Waals surface area contributed by atoms with Crippen LogP contribution >= 0.6 is 0 Å². The van der Waals surface area contributed by atoms with Crippen LogP contribution in [0.5, 0.6) is 0 Å². The van der Waals surface area contributed by atoms with Crippen LogP contribution in [0.2, 0.25) is 0 Å². The highest BCUT2D eigenvalue weighted by Crippen LogP contribution is 2.41. The van der Waals surface area contributed by atoms with Crippen LogP contribution in [0.1, 0.15) is 0 Å². The predicted octanol–water partition coefficient (Wildman–Crippen LogP) is -9.40. The van der Waals surface area contributed by atoms with E-state index in [2.05, 4.69) is 16.7 Å². The molecule has 0 saturated carbocycles. The van der Waals surface area contributed by atoms with Crippen molar-refractivity contribution in [2.75, 3.05) is 69.6 Å². The third kappa shape index (κ3) is 24.4. The first-order valence-corrected chi connectivity index (χ1v) is 36.8. The second-order valence-electron chi connectivity index (χ2n) is 19.8. The number of hydrogen-bond donors (Lipinski definition) is 12. The smallest absolute Gasteiger partial charge is 0.397 e. The number of rotatable bonds is 36. The minimum atomic E-state index is -6.31. The third-order valence-corrected chi connectivity index (χ3v) is 17.6. The van der Waals surface area contributed by atoms with Crippen molar-refractivity contribution in [2.24, 2.45) is 0 Å². The molecule has 52 nitrogen and oxygen atoms in total. The first-order valence-electron chi connectivity index (χ1n) is 25.8. The van der Waals surface area contributed by atoms with Gasteiger partial charge in [-0.2, -0.15) is 76.8 Å². The van der Waals surface area contributed by atoms with Gasteiger partial charge in [-0.3, -0.25) is 36.4 Å². The van der Waals surface area contributed by atoms with Crippen LogP contribution in [-0.4, -0.2) is 349 Å². The summed E-state index contributed by atoms with van der Waals surface area (Å²) in [5.74, 6) is -4.54. The van der Waals surface area contributed by atoms with E-state index >= 15 is 0 Å². The molecule has 0 unspecified atom stereocenters. The molecule has 97 heavy (non-hydrogen) atoms. The lowest BCUT2D eigenvalue weighted by Crippen LogP contribution is -2.70. The number of carbonyl (C=O) groups is 2. The predicted molar refractivity (Wildman–Crippen MR) is 289 cm³/mol. The van der Waals surface area contributed by atoms with E-state index in [0.29, 0.717) is 7.11 Å². The molecule has 0 aromatic heterocycles. The Bertz CT molecular complexity index is 3610. The molecule has 25 atom stereocenters. The Morgan fingerprint density at radius 3 is 0.938 bits per heavy atom. The normalized spacial score (nSPS) is 37.0. The van der Waals surface area contributed by atoms with E-state index in [-0.39, 0.29) is 0 Å². The monoisotopic (exact) mass is 1590 g/mol. The van der Waals surface area contributed by atoms with Gasteiger partial charge in [-0.15, -0.1) is 0 Å². The van der Waals surface area contributed by atoms with E-state index in [1.807, 2.05) is 0 Å². The van der Waals surface area contributed by atoms with Crippen molar-refractivity contribution in [3.63, 3.8) is 0 Å². The average Bonchev–Trinajstić information content (AvgIpc) is 0.761. The molecule has 0 spiro atoms. The van der Waals surface area contributed by atoms with Crippen LogP contribution in [0.4, 0.5) is 0 Å². The number of nitrogens with one attached hydrogen (secondary N) is 2. The molecule has 0 bridgehead atoms. The summed E-state index contributed by atoms with van der Waals surface area (Å²) in [6.07, 6.45) is -58.2. The standard InChI is InChI=1S/C37H64N2O50S8/c1-68-16-11(8-75-92(50,51)52)79-34(15(19(16)69-2)39-91(47,48)49)83-23-21(71-4)28(73-6)35(85-26(23)31(40)41)82-18-13(10-77-94(56,57)58)80-36(30(89-97(65,66)67)25(18)87-95(59,60)61)84-24-22(72-5)29(88-96(62,63)64)37(86-27(24)32(42)43)81-17-12(9-76-93(53,54)55)78-33(74-7)14(20(17)70-3)38-90(44,45)46/h11-30,33-39H,8-10H2,1-7H3,(H,40,41)(H,42,43)(H,44,45,46)(H,47,48,49)(H,50,51,52)(H,53,54,55)(H,56,57,58)(H,59,60,61)(H,62,63,64)(H,65,66,67)/t11-,12+,13+,14+,15-,16-,17+,18+,19-,20+,21+,22+,23-,24+,25+,26-,27+,28-,29-,30-,33+,34-,35-,36-,37-/m0/s1. The Morgan fingerprint density at radius 1 is 0.309 bits per heavy atom. The fraction of sp³-hybridized carbons (Fsp3) is 0.946. The number of methoxy groups -OCH3 is 7. The van der Waals surface area contributed by atoms with E-state index in [1.165, 1.54) is 0 Å². The Balaban J connectivity index is 1.67. The molecule has 0 aliphatic carbocycles. The van der Waals surface area contributed by atoms with Gasteiger partial charge in [0.1, 0.15) is 97.5 Å². The number of hydrogen-bond acceptors (Lipinski definition) is 40. The van der Waals surface area contributed by atoms with Gasteiger partial charge in [0.15, 0.2) is 55.9 Å². The Labute approximate surface area is 549 Å². The molecule has 5 fully saturated rings. The van der Waals surface area contributed by atoms with Crippen molar-refractivity contribution in [1.29, 1.82) is 0 Å². The van der Waals surface area contributed by atoms with Crippen LogP contribution in [0, 0.1) is 0 Å². The van der Waals surface area contributed by atoms with Crippen LogP contribution < -0.4 is 9.44 Å². The first kappa shape index (κ1) is 84.9. The number of aliphatic carboxylic acids is 2. The molecule has 60 heteroatoms. The second-order valence-corrected chi connectivity index (χ2v) is 28.6. The van der Waals surface area contributed by atoms with Gasteiger partial charge in [0.05, 0.1) is 19.8 Å². The SMILES string of the molecule is CO[C@@H]1O[C@H](COS(=O)(=O)O)[C@@H](O[C@H]2O[C@@H](C(=O)O)[C@H](O[C@@H]3O[C@H](COS(=O)(=O)O)[C@@H](O[C@H]4O[C@H](C(=O)O)[C@@H](O[C@@H]5O[C@@H](COS(=O)(=O)O)[C@H](OC)[C@@H](OC)[C@@H]5NS(=O)(=O)O)[C@@H](OC)[C@@H]4OC)[C@@H](OS(=O)(=O)O)[C@@H]3OS(=O)(=O)O)[C@@H](OC)[C@@H]2OS(=O)(=O)O)[C@H](OC)[C@H]1NS(=O)(=O)O. The molecule has 5 aliphatic rings. The fourth-order valence-electron chi connectivity index (χ4n) is 10.4. The molecular weight excluding hydrogens is 1530 g/mol. The number of carboxylic acids is 2.